The van der Waals surface area contributed by atoms with Crippen molar-refractivity contribution in [2.45, 2.75) is 24.3 Å². The van der Waals surface area contributed by atoms with Gasteiger partial charge in [-0.3, -0.25) is 0 Å². The van der Waals surface area contributed by atoms with E-state index in [4.69, 9.17) is 25.8 Å². The van der Waals surface area contributed by atoms with Crippen molar-refractivity contribution in [3.05, 3.63) is 23.8 Å². The first-order chi connectivity index (χ1) is 8.26. The molecule has 94 valence electrons. The van der Waals surface area contributed by atoms with E-state index in [1.54, 1.807) is 14.2 Å². The molecular formula is C13H17ClO3. The molecule has 1 saturated heterocycles. The fraction of sp³-hybridized carbons (Fsp3) is 0.538. The second kappa shape index (κ2) is 5.61. The van der Waals surface area contributed by atoms with Crippen LogP contribution in [0.4, 0.5) is 0 Å². The first-order valence-electron chi connectivity index (χ1n) is 5.74. The quantitative estimate of drug-likeness (QED) is 0.775. The standard InChI is InChI=1S/C13H17ClO3/c1-15-9-5-6-11(16-2)10(8-9)13(14)12-4-3-7-17-12/h5-6,8,12-13H,3-4,7H2,1-2H3. The van der Waals surface area contributed by atoms with Crippen molar-refractivity contribution in [2.24, 2.45) is 0 Å². The van der Waals surface area contributed by atoms with Crippen molar-refractivity contribution in [1.29, 1.82) is 0 Å². The summed E-state index contributed by atoms with van der Waals surface area (Å²) in [5, 5.41) is -0.192. The lowest BCUT2D eigenvalue weighted by molar-refractivity contribution is 0.107. The van der Waals surface area contributed by atoms with Crippen LogP contribution in [0.1, 0.15) is 23.8 Å². The van der Waals surface area contributed by atoms with E-state index in [0.717, 1.165) is 36.5 Å². The highest BCUT2D eigenvalue weighted by Crippen LogP contribution is 2.38. The zero-order valence-electron chi connectivity index (χ0n) is 10.1. The summed E-state index contributed by atoms with van der Waals surface area (Å²) in [5.74, 6) is 1.56. The number of hydrogen-bond acceptors (Lipinski definition) is 3. The Bertz CT molecular complexity index is 375. The number of halogens is 1. The van der Waals surface area contributed by atoms with E-state index in [1.165, 1.54) is 0 Å². The van der Waals surface area contributed by atoms with Gasteiger partial charge in [0.25, 0.3) is 0 Å². The van der Waals surface area contributed by atoms with Crippen LogP contribution in [-0.4, -0.2) is 26.9 Å². The van der Waals surface area contributed by atoms with E-state index < -0.39 is 0 Å². The lowest BCUT2D eigenvalue weighted by Gasteiger charge is -2.19. The van der Waals surface area contributed by atoms with Crippen molar-refractivity contribution in [2.75, 3.05) is 20.8 Å². The highest BCUT2D eigenvalue weighted by atomic mass is 35.5. The van der Waals surface area contributed by atoms with E-state index in [1.807, 2.05) is 18.2 Å². The highest BCUT2D eigenvalue weighted by molar-refractivity contribution is 6.21. The summed E-state index contributed by atoms with van der Waals surface area (Å²) < 4.78 is 16.2. The lowest BCUT2D eigenvalue weighted by atomic mass is 10.0. The molecule has 2 atom stereocenters. The molecule has 1 fully saturated rings. The van der Waals surface area contributed by atoms with Crippen LogP contribution >= 0.6 is 11.6 Å². The van der Waals surface area contributed by atoms with Gasteiger partial charge in [0.05, 0.1) is 25.7 Å². The fourth-order valence-corrected chi connectivity index (χ4v) is 2.46. The summed E-state index contributed by atoms with van der Waals surface area (Å²) in [6, 6.07) is 5.65. The molecule has 4 heteroatoms. The van der Waals surface area contributed by atoms with E-state index in [9.17, 15) is 0 Å². The molecule has 1 heterocycles. The minimum atomic E-state index is -0.192. The van der Waals surface area contributed by atoms with Gasteiger partial charge in [0.2, 0.25) is 0 Å². The van der Waals surface area contributed by atoms with E-state index in [-0.39, 0.29) is 11.5 Å². The molecule has 1 aliphatic heterocycles. The van der Waals surface area contributed by atoms with Crippen LogP contribution in [-0.2, 0) is 4.74 Å². The van der Waals surface area contributed by atoms with Crippen LogP contribution in [0.15, 0.2) is 18.2 Å². The normalized spacial score (nSPS) is 21.2. The molecule has 1 aromatic carbocycles. The predicted molar refractivity (Wildman–Crippen MR) is 67.1 cm³/mol. The summed E-state index contributed by atoms with van der Waals surface area (Å²) in [4.78, 5) is 0. The van der Waals surface area contributed by atoms with Gasteiger partial charge in [0.15, 0.2) is 0 Å². The van der Waals surface area contributed by atoms with Gasteiger partial charge in [-0.25, -0.2) is 0 Å². The van der Waals surface area contributed by atoms with Gasteiger partial charge in [-0.15, -0.1) is 11.6 Å². The van der Waals surface area contributed by atoms with E-state index in [2.05, 4.69) is 0 Å². The summed E-state index contributed by atoms with van der Waals surface area (Å²) in [6.07, 6.45) is 2.13. The third kappa shape index (κ3) is 2.67. The molecule has 0 saturated carbocycles. The summed E-state index contributed by atoms with van der Waals surface area (Å²) in [7, 11) is 3.28. The molecule has 2 unspecified atom stereocenters. The van der Waals surface area contributed by atoms with E-state index in [0.29, 0.717) is 0 Å². The van der Waals surface area contributed by atoms with Crippen molar-refractivity contribution >= 4 is 11.6 Å². The van der Waals surface area contributed by atoms with Gasteiger partial charge in [-0.2, -0.15) is 0 Å². The largest absolute Gasteiger partial charge is 0.497 e. The second-order valence-corrected chi connectivity index (χ2v) is 4.53. The Balaban J connectivity index is 2.27. The van der Waals surface area contributed by atoms with Crippen LogP contribution in [0, 0.1) is 0 Å². The van der Waals surface area contributed by atoms with Crippen molar-refractivity contribution in [3.63, 3.8) is 0 Å². The fourth-order valence-electron chi connectivity index (χ4n) is 2.09. The molecule has 0 radical (unpaired) electrons. The Morgan fingerprint density at radius 3 is 2.76 bits per heavy atom. The average Bonchev–Trinajstić information content (AvgIpc) is 2.91. The lowest BCUT2D eigenvalue weighted by Crippen LogP contribution is -2.13. The molecular weight excluding hydrogens is 240 g/mol. The van der Waals surface area contributed by atoms with Gasteiger partial charge in [0, 0.05) is 12.2 Å². The average molecular weight is 257 g/mol. The molecule has 0 spiro atoms. The van der Waals surface area contributed by atoms with Crippen molar-refractivity contribution in [1.82, 2.24) is 0 Å². The molecule has 0 aliphatic carbocycles. The van der Waals surface area contributed by atoms with Gasteiger partial charge >= 0.3 is 0 Å². The topological polar surface area (TPSA) is 27.7 Å². The van der Waals surface area contributed by atoms with E-state index >= 15 is 0 Å². The summed E-state index contributed by atoms with van der Waals surface area (Å²) in [6.45, 7) is 0.792. The molecule has 3 nitrogen and oxygen atoms in total. The molecule has 0 N–H and O–H groups in total. The Morgan fingerprint density at radius 1 is 1.35 bits per heavy atom. The van der Waals surface area contributed by atoms with Crippen LogP contribution < -0.4 is 9.47 Å². The Labute approximate surface area is 107 Å². The smallest absolute Gasteiger partial charge is 0.123 e. The monoisotopic (exact) mass is 256 g/mol. The SMILES string of the molecule is COc1ccc(OC)c(C(Cl)C2CCCO2)c1. The minimum absolute atomic E-state index is 0.0673. The summed E-state index contributed by atoms with van der Waals surface area (Å²) >= 11 is 6.46. The maximum Gasteiger partial charge on any atom is 0.123 e. The zero-order valence-corrected chi connectivity index (χ0v) is 10.9. The molecule has 0 aromatic heterocycles. The van der Waals surface area contributed by atoms with Crippen LogP contribution in [0.2, 0.25) is 0 Å². The van der Waals surface area contributed by atoms with Gasteiger partial charge < -0.3 is 14.2 Å². The van der Waals surface area contributed by atoms with Crippen LogP contribution in [0.5, 0.6) is 11.5 Å². The first-order valence-corrected chi connectivity index (χ1v) is 6.17. The maximum atomic E-state index is 6.46. The Kier molecular flexibility index (Phi) is 4.13. The number of ether oxygens (including phenoxy) is 3. The third-order valence-corrected chi connectivity index (χ3v) is 3.54. The number of alkyl halides is 1. The molecule has 1 aliphatic rings. The Morgan fingerprint density at radius 2 is 2.18 bits per heavy atom. The summed E-state index contributed by atoms with van der Waals surface area (Å²) in [5.41, 5.74) is 0.931. The van der Waals surface area contributed by atoms with Crippen molar-refractivity contribution < 1.29 is 14.2 Å². The van der Waals surface area contributed by atoms with Gasteiger partial charge in [-0.1, -0.05) is 0 Å². The number of rotatable bonds is 4. The minimum Gasteiger partial charge on any atom is -0.497 e. The zero-order chi connectivity index (χ0) is 12.3. The molecule has 17 heavy (non-hydrogen) atoms. The number of hydrogen-bond donors (Lipinski definition) is 0. The van der Waals surface area contributed by atoms with Crippen LogP contribution in [0.25, 0.3) is 0 Å². The number of methoxy groups -OCH3 is 2. The van der Waals surface area contributed by atoms with Gasteiger partial charge in [-0.05, 0) is 31.0 Å². The molecule has 0 bridgehead atoms. The highest BCUT2D eigenvalue weighted by Gasteiger charge is 2.28. The van der Waals surface area contributed by atoms with Crippen LogP contribution in [0.3, 0.4) is 0 Å². The first kappa shape index (κ1) is 12.5. The third-order valence-electron chi connectivity index (χ3n) is 3.03. The van der Waals surface area contributed by atoms with Gasteiger partial charge in [0.1, 0.15) is 11.5 Å². The maximum absolute atomic E-state index is 6.46. The van der Waals surface area contributed by atoms with Crippen molar-refractivity contribution in [3.8, 4) is 11.5 Å². The predicted octanol–water partition coefficient (Wildman–Crippen LogP) is 3.16. The molecule has 0 amide bonds. The number of benzene rings is 1. The molecule has 2 rings (SSSR count). The molecule has 1 aromatic rings. The Hall–Kier alpha value is -0.930. The second-order valence-electron chi connectivity index (χ2n) is 4.06.